The van der Waals surface area contributed by atoms with Crippen molar-refractivity contribution in [3.63, 3.8) is 0 Å². The molecule has 1 rings (SSSR count). The lowest BCUT2D eigenvalue weighted by Crippen LogP contribution is -2.57. The molecule has 2 atom stereocenters. The lowest BCUT2D eigenvalue weighted by atomic mass is 9.93. The number of carbonyl (C=O) groups is 1. The Morgan fingerprint density at radius 2 is 1.81 bits per heavy atom. The van der Waals surface area contributed by atoms with Crippen molar-refractivity contribution >= 4 is 5.91 Å². The van der Waals surface area contributed by atoms with Gasteiger partial charge in [0.2, 0.25) is 5.91 Å². The number of nitrogens with one attached hydrogen (secondary N) is 1. The highest BCUT2D eigenvalue weighted by molar-refractivity contribution is 5.84. The molecule has 0 aliphatic heterocycles. The van der Waals surface area contributed by atoms with E-state index in [0.717, 1.165) is 18.2 Å². The van der Waals surface area contributed by atoms with Gasteiger partial charge in [-0.05, 0) is 27.7 Å². The summed E-state index contributed by atoms with van der Waals surface area (Å²) < 4.78 is 31.7. The largest absolute Gasteiger partial charge is 0.490 e. The molecule has 0 spiro atoms. The van der Waals surface area contributed by atoms with Gasteiger partial charge in [0, 0.05) is 30.7 Å². The van der Waals surface area contributed by atoms with Gasteiger partial charge in [-0.2, -0.15) is 0 Å². The minimum Gasteiger partial charge on any atom is -0.490 e. The van der Waals surface area contributed by atoms with Crippen molar-refractivity contribution in [2.75, 3.05) is 0 Å². The van der Waals surface area contributed by atoms with Gasteiger partial charge in [-0.3, -0.25) is 4.79 Å². The van der Waals surface area contributed by atoms with E-state index in [1.807, 2.05) is 13.8 Å². The third-order valence-electron chi connectivity index (χ3n) is 3.02. The zero-order valence-electron chi connectivity index (χ0n) is 12.7. The van der Waals surface area contributed by atoms with Crippen LogP contribution in [-0.4, -0.2) is 23.6 Å². The summed E-state index contributed by atoms with van der Waals surface area (Å²) in [4.78, 5) is 11.6. The molecule has 0 aromatic heterocycles. The minimum absolute atomic E-state index is 0.0568. The molecule has 1 aromatic carbocycles. The zero-order valence-corrected chi connectivity index (χ0v) is 12.7. The number of benzene rings is 1. The van der Waals surface area contributed by atoms with Crippen molar-refractivity contribution in [2.24, 2.45) is 5.73 Å². The molecular weight excluding hydrogens is 278 g/mol. The quantitative estimate of drug-likeness (QED) is 0.812. The molecule has 0 saturated heterocycles. The highest BCUT2D eigenvalue weighted by Gasteiger charge is 2.33. The molecule has 6 heteroatoms. The number of amides is 1. The maximum Gasteiger partial charge on any atom is 0.237 e. The van der Waals surface area contributed by atoms with Gasteiger partial charge in [0.15, 0.2) is 0 Å². The molecular formula is C15H22F2N2O2. The van der Waals surface area contributed by atoms with E-state index in [1.54, 1.807) is 13.8 Å². The molecule has 118 valence electrons. The van der Waals surface area contributed by atoms with E-state index < -0.39 is 29.2 Å². The second-order valence-electron chi connectivity index (χ2n) is 5.73. The van der Waals surface area contributed by atoms with Crippen molar-refractivity contribution < 1.29 is 18.3 Å². The molecule has 0 aliphatic carbocycles. The Morgan fingerprint density at radius 3 is 2.24 bits per heavy atom. The Hall–Kier alpha value is -1.69. The van der Waals surface area contributed by atoms with Crippen LogP contribution in [0.5, 0.6) is 5.75 Å². The lowest BCUT2D eigenvalue weighted by molar-refractivity contribution is -0.125. The van der Waals surface area contributed by atoms with Crippen LogP contribution in [0.15, 0.2) is 18.2 Å². The monoisotopic (exact) mass is 300 g/mol. The summed E-state index contributed by atoms with van der Waals surface area (Å²) in [5, 5.41) is 3.09. The second-order valence-corrected chi connectivity index (χ2v) is 5.73. The Bertz CT molecular complexity index is 488. The fraction of sp³-hybridized carbons (Fsp3) is 0.533. The maximum atomic E-state index is 13.1. The van der Waals surface area contributed by atoms with E-state index in [-0.39, 0.29) is 18.2 Å². The van der Waals surface area contributed by atoms with Gasteiger partial charge in [-0.1, -0.05) is 0 Å². The standard InChI is InChI=1S/C15H22F2N2O2/c1-9(2)19-15(4,14(18)20)8-10(3)21-13-6-11(16)5-12(17)7-13/h5-7,9-10,19H,8H2,1-4H3,(H2,18,20). The smallest absolute Gasteiger partial charge is 0.237 e. The summed E-state index contributed by atoms with van der Waals surface area (Å²) in [5.41, 5.74) is 4.47. The third-order valence-corrected chi connectivity index (χ3v) is 3.02. The number of ether oxygens (including phenoxy) is 1. The van der Waals surface area contributed by atoms with Gasteiger partial charge in [-0.25, -0.2) is 8.78 Å². The van der Waals surface area contributed by atoms with Crippen LogP contribution in [0.2, 0.25) is 0 Å². The summed E-state index contributed by atoms with van der Waals surface area (Å²) in [6, 6.07) is 3.01. The molecule has 2 unspecified atom stereocenters. The number of nitrogens with two attached hydrogens (primary N) is 1. The molecule has 0 fully saturated rings. The average molecular weight is 300 g/mol. The lowest BCUT2D eigenvalue weighted by Gasteiger charge is -2.32. The molecule has 21 heavy (non-hydrogen) atoms. The first-order valence-corrected chi connectivity index (χ1v) is 6.83. The van der Waals surface area contributed by atoms with E-state index in [1.165, 1.54) is 0 Å². The Morgan fingerprint density at radius 1 is 1.29 bits per heavy atom. The SMILES string of the molecule is CC(C)NC(C)(CC(C)Oc1cc(F)cc(F)c1)C(N)=O. The number of rotatable bonds is 7. The van der Waals surface area contributed by atoms with Gasteiger partial charge in [0.1, 0.15) is 17.4 Å². The van der Waals surface area contributed by atoms with E-state index in [9.17, 15) is 13.6 Å². The van der Waals surface area contributed by atoms with Gasteiger partial charge in [0.05, 0.1) is 11.6 Å². The summed E-state index contributed by atoms with van der Waals surface area (Å²) >= 11 is 0. The maximum absolute atomic E-state index is 13.1. The van der Waals surface area contributed by atoms with Crippen LogP contribution in [0.25, 0.3) is 0 Å². The van der Waals surface area contributed by atoms with Crippen LogP contribution in [-0.2, 0) is 4.79 Å². The molecule has 4 nitrogen and oxygen atoms in total. The number of hydrogen-bond acceptors (Lipinski definition) is 3. The number of primary amides is 1. The predicted octanol–water partition coefficient (Wildman–Crippen LogP) is 2.36. The van der Waals surface area contributed by atoms with Crippen LogP contribution >= 0.6 is 0 Å². The van der Waals surface area contributed by atoms with E-state index in [2.05, 4.69) is 5.32 Å². The van der Waals surface area contributed by atoms with Crippen LogP contribution in [0.3, 0.4) is 0 Å². The van der Waals surface area contributed by atoms with Gasteiger partial charge < -0.3 is 15.8 Å². The molecule has 0 radical (unpaired) electrons. The predicted molar refractivity (Wildman–Crippen MR) is 76.9 cm³/mol. The summed E-state index contributed by atoms with van der Waals surface area (Å²) in [7, 11) is 0. The second kappa shape index (κ2) is 6.85. The third kappa shape index (κ3) is 5.30. The van der Waals surface area contributed by atoms with Crippen LogP contribution in [0.4, 0.5) is 8.78 Å². The van der Waals surface area contributed by atoms with Crippen molar-refractivity contribution in [2.45, 2.75) is 51.8 Å². The van der Waals surface area contributed by atoms with Crippen molar-refractivity contribution in [3.8, 4) is 5.75 Å². The number of carbonyl (C=O) groups excluding carboxylic acids is 1. The fourth-order valence-electron chi connectivity index (χ4n) is 2.31. The molecule has 1 aromatic rings. The molecule has 3 N–H and O–H groups in total. The molecule has 0 bridgehead atoms. The first-order chi connectivity index (χ1) is 9.62. The average Bonchev–Trinajstić information content (AvgIpc) is 2.24. The number of halogens is 2. The molecule has 1 amide bonds. The first kappa shape index (κ1) is 17.4. The first-order valence-electron chi connectivity index (χ1n) is 6.83. The van der Waals surface area contributed by atoms with E-state index in [4.69, 9.17) is 10.5 Å². The van der Waals surface area contributed by atoms with Gasteiger partial charge in [-0.15, -0.1) is 0 Å². The molecule has 0 saturated carbocycles. The van der Waals surface area contributed by atoms with Crippen molar-refractivity contribution in [1.29, 1.82) is 0 Å². The highest BCUT2D eigenvalue weighted by Crippen LogP contribution is 2.21. The fourth-order valence-corrected chi connectivity index (χ4v) is 2.31. The van der Waals surface area contributed by atoms with Crippen LogP contribution in [0.1, 0.15) is 34.1 Å². The minimum atomic E-state index is -0.959. The van der Waals surface area contributed by atoms with Crippen LogP contribution < -0.4 is 15.8 Å². The molecule has 0 heterocycles. The summed E-state index contributed by atoms with van der Waals surface area (Å²) in [6.45, 7) is 7.19. The Kier molecular flexibility index (Phi) is 5.66. The van der Waals surface area contributed by atoms with Crippen molar-refractivity contribution in [3.05, 3.63) is 29.8 Å². The topological polar surface area (TPSA) is 64.3 Å². The van der Waals surface area contributed by atoms with Gasteiger partial charge in [0.25, 0.3) is 0 Å². The van der Waals surface area contributed by atoms with Gasteiger partial charge >= 0.3 is 0 Å². The Labute approximate surface area is 123 Å². The van der Waals surface area contributed by atoms with Crippen LogP contribution in [0, 0.1) is 11.6 Å². The van der Waals surface area contributed by atoms with E-state index in [0.29, 0.717) is 0 Å². The Balaban J connectivity index is 2.78. The summed E-state index contributed by atoms with van der Waals surface area (Å²) in [5.74, 6) is -1.85. The highest BCUT2D eigenvalue weighted by atomic mass is 19.1. The zero-order chi connectivity index (χ0) is 16.2. The molecule has 0 aliphatic rings. The summed E-state index contributed by atoms with van der Waals surface area (Å²) in [6.07, 6.45) is -0.173. The van der Waals surface area contributed by atoms with Crippen molar-refractivity contribution in [1.82, 2.24) is 5.32 Å². The van der Waals surface area contributed by atoms with E-state index >= 15 is 0 Å². The normalized spacial score (nSPS) is 15.6. The number of hydrogen-bond donors (Lipinski definition) is 2.